The Bertz CT molecular complexity index is 874. The van der Waals surface area contributed by atoms with Crippen molar-refractivity contribution in [1.82, 2.24) is 15.2 Å². The first-order valence-corrected chi connectivity index (χ1v) is 8.86. The molecule has 0 saturated heterocycles. The van der Waals surface area contributed by atoms with Gasteiger partial charge in [0.25, 0.3) is 5.91 Å². The third-order valence-corrected chi connectivity index (χ3v) is 4.42. The van der Waals surface area contributed by atoms with E-state index in [9.17, 15) is 4.79 Å². The predicted octanol–water partition coefficient (Wildman–Crippen LogP) is 4.00. The molecular weight excluding hydrogens is 332 g/mol. The minimum atomic E-state index is -0.292. The summed E-state index contributed by atoms with van der Waals surface area (Å²) in [5.74, 6) is -0.292. The number of carbonyl (C=O) groups is 1. The highest BCUT2D eigenvalue weighted by Crippen LogP contribution is 2.23. The second kappa shape index (κ2) is 7.03. The summed E-state index contributed by atoms with van der Waals surface area (Å²) in [6.07, 6.45) is 1.64. The number of hydrogen-bond acceptors (Lipinski definition) is 4. The van der Waals surface area contributed by atoms with E-state index in [1.54, 1.807) is 22.2 Å². The van der Waals surface area contributed by atoms with E-state index in [2.05, 4.69) is 36.4 Å². The Labute approximate surface area is 151 Å². The van der Waals surface area contributed by atoms with Crippen molar-refractivity contribution >= 4 is 23.5 Å². The van der Waals surface area contributed by atoms with E-state index >= 15 is 0 Å². The Kier molecular flexibility index (Phi) is 4.81. The van der Waals surface area contributed by atoms with E-state index in [-0.39, 0.29) is 11.3 Å². The Morgan fingerprint density at radius 1 is 1.20 bits per heavy atom. The standard InChI is InChI=1S/C19H20N4OS/c1-19(2,3)17-12-16(23(22-17)14-8-5-4-6-9-14)18(24)21-20-13-15-10-7-11-25-15/h4-13H,1-3H3,(H,21,24). The maximum atomic E-state index is 12.6. The lowest BCUT2D eigenvalue weighted by Gasteiger charge is -2.14. The van der Waals surface area contributed by atoms with Crippen LogP contribution in [-0.4, -0.2) is 21.9 Å². The molecule has 1 N–H and O–H groups in total. The lowest BCUT2D eigenvalue weighted by Crippen LogP contribution is -2.21. The first kappa shape index (κ1) is 17.1. The molecule has 25 heavy (non-hydrogen) atoms. The van der Waals surface area contributed by atoms with Gasteiger partial charge in [0.1, 0.15) is 5.69 Å². The molecule has 2 heterocycles. The summed E-state index contributed by atoms with van der Waals surface area (Å²) in [6.45, 7) is 6.21. The second-order valence-electron chi connectivity index (χ2n) is 6.63. The summed E-state index contributed by atoms with van der Waals surface area (Å²) in [7, 11) is 0. The lowest BCUT2D eigenvalue weighted by atomic mass is 9.92. The molecule has 0 spiro atoms. The molecule has 6 heteroatoms. The number of benzene rings is 1. The van der Waals surface area contributed by atoms with Crippen LogP contribution in [0, 0.1) is 0 Å². The maximum absolute atomic E-state index is 12.6. The highest BCUT2D eigenvalue weighted by molar-refractivity contribution is 7.11. The van der Waals surface area contributed by atoms with E-state index in [1.165, 1.54) is 0 Å². The van der Waals surface area contributed by atoms with Crippen molar-refractivity contribution in [2.45, 2.75) is 26.2 Å². The van der Waals surface area contributed by atoms with Gasteiger partial charge in [0, 0.05) is 10.3 Å². The summed E-state index contributed by atoms with van der Waals surface area (Å²) in [6, 6.07) is 15.3. The molecular formula is C19H20N4OS. The number of thiophene rings is 1. The van der Waals surface area contributed by atoms with Gasteiger partial charge in [-0.1, -0.05) is 45.0 Å². The number of nitrogens with zero attached hydrogens (tertiary/aromatic N) is 3. The van der Waals surface area contributed by atoms with Gasteiger partial charge in [-0.05, 0) is 29.6 Å². The summed E-state index contributed by atoms with van der Waals surface area (Å²) < 4.78 is 1.66. The zero-order chi connectivity index (χ0) is 17.9. The Hall–Kier alpha value is -2.73. The molecule has 0 aliphatic carbocycles. The molecule has 128 valence electrons. The fourth-order valence-electron chi connectivity index (χ4n) is 2.25. The average Bonchev–Trinajstić information content (AvgIpc) is 3.24. The van der Waals surface area contributed by atoms with Gasteiger partial charge in [0.2, 0.25) is 0 Å². The van der Waals surface area contributed by atoms with Gasteiger partial charge in [0.15, 0.2) is 0 Å². The van der Waals surface area contributed by atoms with Crippen molar-refractivity contribution in [3.8, 4) is 5.69 Å². The maximum Gasteiger partial charge on any atom is 0.290 e. The molecule has 2 aromatic heterocycles. The van der Waals surface area contributed by atoms with Crippen LogP contribution in [0.1, 0.15) is 41.8 Å². The zero-order valence-electron chi connectivity index (χ0n) is 14.4. The first-order valence-electron chi connectivity index (χ1n) is 7.98. The number of hydrogen-bond donors (Lipinski definition) is 1. The van der Waals surface area contributed by atoms with Crippen LogP contribution in [0.2, 0.25) is 0 Å². The highest BCUT2D eigenvalue weighted by Gasteiger charge is 2.23. The molecule has 3 aromatic rings. The van der Waals surface area contributed by atoms with Gasteiger partial charge in [-0.3, -0.25) is 4.79 Å². The summed E-state index contributed by atoms with van der Waals surface area (Å²) in [5, 5.41) is 10.6. The van der Waals surface area contributed by atoms with Gasteiger partial charge < -0.3 is 0 Å². The molecule has 3 rings (SSSR count). The molecule has 0 aliphatic rings. The van der Waals surface area contributed by atoms with Crippen molar-refractivity contribution in [3.05, 3.63) is 70.2 Å². The van der Waals surface area contributed by atoms with E-state index in [4.69, 9.17) is 0 Å². The molecule has 0 unspecified atom stereocenters. The van der Waals surface area contributed by atoms with Crippen molar-refractivity contribution in [3.63, 3.8) is 0 Å². The van der Waals surface area contributed by atoms with Crippen molar-refractivity contribution in [1.29, 1.82) is 0 Å². The van der Waals surface area contributed by atoms with Crippen LogP contribution in [0.15, 0.2) is 59.0 Å². The van der Waals surface area contributed by atoms with Crippen LogP contribution in [0.3, 0.4) is 0 Å². The van der Waals surface area contributed by atoms with E-state index in [0.29, 0.717) is 5.69 Å². The quantitative estimate of drug-likeness (QED) is 0.570. The molecule has 0 fully saturated rings. The third kappa shape index (κ3) is 4.03. The van der Waals surface area contributed by atoms with Gasteiger partial charge in [0.05, 0.1) is 17.6 Å². The fourth-order valence-corrected chi connectivity index (χ4v) is 2.84. The van der Waals surface area contributed by atoms with Gasteiger partial charge in [-0.15, -0.1) is 11.3 Å². The third-order valence-electron chi connectivity index (χ3n) is 3.61. The highest BCUT2D eigenvalue weighted by atomic mass is 32.1. The summed E-state index contributed by atoms with van der Waals surface area (Å²) >= 11 is 1.56. The van der Waals surface area contributed by atoms with Gasteiger partial charge in [-0.2, -0.15) is 10.2 Å². The van der Waals surface area contributed by atoms with Crippen LogP contribution >= 0.6 is 11.3 Å². The minimum absolute atomic E-state index is 0.157. The predicted molar refractivity (Wildman–Crippen MR) is 102 cm³/mol. The van der Waals surface area contributed by atoms with Crippen molar-refractivity contribution < 1.29 is 4.79 Å². The fraction of sp³-hybridized carbons (Fsp3) is 0.211. The average molecular weight is 352 g/mol. The second-order valence-corrected chi connectivity index (χ2v) is 7.61. The minimum Gasteiger partial charge on any atom is -0.266 e. The molecule has 0 atom stereocenters. The Morgan fingerprint density at radius 2 is 1.96 bits per heavy atom. The molecule has 0 bridgehead atoms. The van der Waals surface area contributed by atoms with Gasteiger partial charge >= 0.3 is 0 Å². The Balaban J connectivity index is 1.91. The number of rotatable bonds is 4. The van der Waals surface area contributed by atoms with E-state index < -0.39 is 0 Å². The van der Waals surface area contributed by atoms with Crippen LogP contribution in [0.4, 0.5) is 0 Å². The lowest BCUT2D eigenvalue weighted by molar-refractivity contribution is 0.0947. The SMILES string of the molecule is CC(C)(C)c1cc(C(=O)NN=Cc2cccs2)n(-c2ccccc2)n1. The number of para-hydroxylation sites is 1. The van der Waals surface area contributed by atoms with Gasteiger partial charge in [-0.25, -0.2) is 10.1 Å². The number of aromatic nitrogens is 2. The monoisotopic (exact) mass is 352 g/mol. The van der Waals surface area contributed by atoms with Crippen molar-refractivity contribution in [2.75, 3.05) is 0 Å². The van der Waals surface area contributed by atoms with Crippen molar-refractivity contribution in [2.24, 2.45) is 5.10 Å². The number of nitrogens with one attached hydrogen (secondary N) is 1. The molecule has 5 nitrogen and oxygen atoms in total. The zero-order valence-corrected chi connectivity index (χ0v) is 15.2. The van der Waals surface area contributed by atoms with Crippen LogP contribution in [0.5, 0.6) is 0 Å². The summed E-state index contributed by atoms with van der Waals surface area (Å²) in [5.41, 5.74) is 4.58. The number of amides is 1. The smallest absolute Gasteiger partial charge is 0.266 e. The van der Waals surface area contributed by atoms with Crippen LogP contribution in [0.25, 0.3) is 5.69 Å². The molecule has 0 radical (unpaired) electrons. The van der Waals surface area contributed by atoms with E-state index in [1.807, 2.05) is 53.9 Å². The van der Waals surface area contributed by atoms with Crippen LogP contribution < -0.4 is 5.43 Å². The number of carbonyl (C=O) groups excluding carboxylic acids is 1. The van der Waals surface area contributed by atoms with E-state index in [0.717, 1.165) is 16.3 Å². The largest absolute Gasteiger partial charge is 0.290 e. The summed E-state index contributed by atoms with van der Waals surface area (Å²) in [4.78, 5) is 13.6. The molecule has 1 aromatic carbocycles. The molecule has 0 saturated carbocycles. The van der Waals surface area contributed by atoms with Crippen LogP contribution in [-0.2, 0) is 5.41 Å². The molecule has 1 amide bonds. The number of hydrazone groups is 1. The Morgan fingerprint density at radius 3 is 2.60 bits per heavy atom. The first-order chi connectivity index (χ1) is 11.9. The normalized spacial score (nSPS) is 11.8. The molecule has 0 aliphatic heterocycles. The topological polar surface area (TPSA) is 59.3 Å².